The molecule has 0 saturated heterocycles. The number of amides is 2. The van der Waals surface area contributed by atoms with Gasteiger partial charge in [0.1, 0.15) is 12.6 Å². The maximum atomic E-state index is 12.5. The van der Waals surface area contributed by atoms with Crippen molar-refractivity contribution in [3.63, 3.8) is 0 Å². The SMILES string of the molecule is Cc1ccc(CNC(=O)[C@H](C)NC(=O)[C@@H]2Cc3ccccc3C[NH2+]2)cc1. The van der Waals surface area contributed by atoms with E-state index in [2.05, 4.69) is 22.8 Å². The molecule has 1 heterocycles. The number of fused-ring (bicyclic) bond motifs is 1. The first-order chi connectivity index (χ1) is 12.5. The minimum Gasteiger partial charge on any atom is -0.350 e. The van der Waals surface area contributed by atoms with Crippen molar-refractivity contribution in [3.8, 4) is 0 Å². The van der Waals surface area contributed by atoms with Crippen LogP contribution in [0.15, 0.2) is 48.5 Å². The zero-order chi connectivity index (χ0) is 18.5. The molecular formula is C21H26N3O2+. The van der Waals surface area contributed by atoms with Crippen LogP contribution in [0.2, 0.25) is 0 Å². The van der Waals surface area contributed by atoms with Gasteiger partial charge in [0.25, 0.3) is 5.91 Å². The van der Waals surface area contributed by atoms with E-state index >= 15 is 0 Å². The Kier molecular flexibility index (Phi) is 5.68. The average Bonchev–Trinajstić information content (AvgIpc) is 2.66. The summed E-state index contributed by atoms with van der Waals surface area (Å²) in [6, 6.07) is 15.5. The van der Waals surface area contributed by atoms with Crippen LogP contribution >= 0.6 is 0 Å². The first kappa shape index (κ1) is 18.1. The van der Waals surface area contributed by atoms with Crippen molar-refractivity contribution < 1.29 is 14.9 Å². The Morgan fingerprint density at radius 2 is 1.81 bits per heavy atom. The van der Waals surface area contributed by atoms with Crippen molar-refractivity contribution in [2.45, 2.75) is 45.4 Å². The predicted molar refractivity (Wildman–Crippen MR) is 100 cm³/mol. The van der Waals surface area contributed by atoms with Crippen LogP contribution in [0.5, 0.6) is 0 Å². The van der Waals surface area contributed by atoms with Crippen molar-refractivity contribution in [1.82, 2.24) is 10.6 Å². The third-order valence-electron chi connectivity index (χ3n) is 4.86. The van der Waals surface area contributed by atoms with Crippen LogP contribution in [0.1, 0.15) is 29.2 Å². The van der Waals surface area contributed by atoms with Crippen LogP contribution in [-0.4, -0.2) is 23.9 Å². The van der Waals surface area contributed by atoms with Crippen LogP contribution in [0.25, 0.3) is 0 Å². The molecule has 4 N–H and O–H groups in total. The average molecular weight is 352 g/mol. The number of aryl methyl sites for hydroxylation is 1. The summed E-state index contributed by atoms with van der Waals surface area (Å²) in [6.45, 7) is 5.00. The largest absolute Gasteiger partial charge is 0.350 e. The molecule has 5 heteroatoms. The van der Waals surface area contributed by atoms with Crippen LogP contribution in [0, 0.1) is 6.92 Å². The summed E-state index contributed by atoms with van der Waals surface area (Å²) in [6.07, 6.45) is 0.694. The van der Waals surface area contributed by atoms with Crippen molar-refractivity contribution in [2.24, 2.45) is 0 Å². The molecule has 2 amide bonds. The highest BCUT2D eigenvalue weighted by Crippen LogP contribution is 2.12. The summed E-state index contributed by atoms with van der Waals surface area (Å²) in [4.78, 5) is 24.8. The van der Waals surface area contributed by atoms with Gasteiger partial charge in [-0.3, -0.25) is 9.59 Å². The minimum absolute atomic E-state index is 0.0857. The van der Waals surface area contributed by atoms with E-state index in [0.717, 1.165) is 12.1 Å². The number of nitrogens with two attached hydrogens (primary N) is 1. The number of carbonyl (C=O) groups is 2. The molecule has 1 aliphatic heterocycles. The lowest BCUT2D eigenvalue weighted by molar-refractivity contribution is -0.695. The fraction of sp³-hybridized carbons (Fsp3) is 0.333. The number of nitrogens with one attached hydrogen (secondary N) is 2. The molecule has 0 radical (unpaired) electrons. The Labute approximate surface area is 154 Å². The molecule has 26 heavy (non-hydrogen) atoms. The van der Waals surface area contributed by atoms with E-state index in [0.29, 0.717) is 13.0 Å². The molecule has 3 rings (SSSR count). The lowest BCUT2D eigenvalue weighted by Crippen LogP contribution is -2.93. The fourth-order valence-electron chi connectivity index (χ4n) is 3.18. The van der Waals surface area contributed by atoms with Crippen molar-refractivity contribution in [1.29, 1.82) is 0 Å². The quantitative estimate of drug-likeness (QED) is 0.745. The summed E-state index contributed by atoms with van der Waals surface area (Å²) < 4.78 is 0. The second kappa shape index (κ2) is 8.15. The van der Waals surface area contributed by atoms with E-state index in [9.17, 15) is 9.59 Å². The van der Waals surface area contributed by atoms with Crippen LogP contribution < -0.4 is 16.0 Å². The van der Waals surface area contributed by atoms with Gasteiger partial charge >= 0.3 is 0 Å². The highest BCUT2D eigenvalue weighted by molar-refractivity contribution is 5.89. The molecule has 0 bridgehead atoms. The van der Waals surface area contributed by atoms with Gasteiger partial charge in [0, 0.05) is 18.5 Å². The molecule has 2 atom stereocenters. The van der Waals surface area contributed by atoms with Gasteiger partial charge < -0.3 is 16.0 Å². The van der Waals surface area contributed by atoms with Crippen molar-refractivity contribution in [2.75, 3.05) is 0 Å². The molecule has 1 aliphatic rings. The van der Waals surface area contributed by atoms with Crippen molar-refractivity contribution >= 4 is 11.8 Å². The predicted octanol–water partition coefficient (Wildman–Crippen LogP) is 0.804. The summed E-state index contributed by atoms with van der Waals surface area (Å²) in [5.74, 6) is -0.257. The van der Waals surface area contributed by atoms with E-state index in [1.807, 2.05) is 48.6 Å². The molecule has 2 aromatic rings. The Morgan fingerprint density at radius 3 is 2.54 bits per heavy atom. The van der Waals surface area contributed by atoms with Gasteiger partial charge in [0.15, 0.2) is 6.04 Å². The third-order valence-corrected chi connectivity index (χ3v) is 4.86. The zero-order valence-corrected chi connectivity index (χ0v) is 15.3. The molecular weight excluding hydrogens is 326 g/mol. The lowest BCUT2D eigenvalue weighted by Gasteiger charge is -2.23. The topological polar surface area (TPSA) is 74.8 Å². The molecule has 0 spiro atoms. The van der Waals surface area contributed by atoms with Crippen LogP contribution in [-0.2, 0) is 29.1 Å². The van der Waals surface area contributed by atoms with Crippen molar-refractivity contribution in [3.05, 3.63) is 70.8 Å². The molecule has 0 saturated carbocycles. The highest BCUT2D eigenvalue weighted by atomic mass is 16.2. The molecule has 5 nitrogen and oxygen atoms in total. The van der Waals surface area contributed by atoms with Gasteiger partial charge in [-0.2, -0.15) is 0 Å². The fourth-order valence-corrected chi connectivity index (χ4v) is 3.18. The summed E-state index contributed by atoms with van der Waals surface area (Å²) in [7, 11) is 0. The first-order valence-electron chi connectivity index (χ1n) is 9.06. The van der Waals surface area contributed by atoms with E-state index in [1.165, 1.54) is 16.7 Å². The van der Waals surface area contributed by atoms with Gasteiger partial charge in [-0.05, 0) is 25.0 Å². The van der Waals surface area contributed by atoms with E-state index in [4.69, 9.17) is 0 Å². The maximum Gasteiger partial charge on any atom is 0.279 e. The van der Waals surface area contributed by atoms with E-state index in [1.54, 1.807) is 6.92 Å². The summed E-state index contributed by atoms with van der Waals surface area (Å²) in [5, 5.41) is 7.76. The molecule has 0 fully saturated rings. The van der Waals surface area contributed by atoms with E-state index < -0.39 is 6.04 Å². The molecule has 2 aromatic carbocycles. The van der Waals surface area contributed by atoms with Crippen LogP contribution in [0.3, 0.4) is 0 Å². The highest BCUT2D eigenvalue weighted by Gasteiger charge is 2.29. The molecule has 136 valence electrons. The number of quaternary nitrogens is 1. The smallest absolute Gasteiger partial charge is 0.279 e. The number of hydrogen-bond donors (Lipinski definition) is 3. The van der Waals surface area contributed by atoms with Crippen LogP contribution in [0.4, 0.5) is 0 Å². The Bertz CT molecular complexity index is 786. The van der Waals surface area contributed by atoms with Gasteiger partial charge in [0.05, 0.1) is 0 Å². The van der Waals surface area contributed by atoms with Gasteiger partial charge in [-0.1, -0.05) is 54.1 Å². The number of benzene rings is 2. The standard InChI is InChI=1S/C21H25N3O2/c1-14-7-9-16(10-8-14)12-23-20(25)15(2)24-21(26)19-11-17-5-3-4-6-18(17)13-22-19/h3-10,15,19,22H,11-13H2,1-2H3,(H,23,25)(H,24,26)/p+1/t15-,19-/m0/s1. The number of rotatable bonds is 5. The normalized spacial score (nSPS) is 17.1. The Hall–Kier alpha value is -2.66. The van der Waals surface area contributed by atoms with Gasteiger partial charge in [-0.25, -0.2) is 0 Å². The Morgan fingerprint density at radius 1 is 1.12 bits per heavy atom. The van der Waals surface area contributed by atoms with Gasteiger partial charge in [0.2, 0.25) is 5.91 Å². The monoisotopic (exact) mass is 352 g/mol. The zero-order valence-electron chi connectivity index (χ0n) is 15.3. The maximum absolute atomic E-state index is 12.5. The lowest BCUT2D eigenvalue weighted by atomic mass is 9.95. The second-order valence-corrected chi connectivity index (χ2v) is 6.95. The van der Waals surface area contributed by atoms with E-state index in [-0.39, 0.29) is 17.9 Å². The third kappa shape index (κ3) is 4.49. The molecule has 0 aromatic heterocycles. The van der Waals surface area contributed by atoms with Gasteiger partial charge in [-0.15, -0.1) is 0 Å². The summed E-state index contributed by atoms with van der Waals surface area (Å²) >= 11 is 0. The second-order valence-electron chi connectivity index (χ2n) is 6.95. The Balaban J connectivity index is 1.49. The molecule has 0 unspecified atom stereocenters. The first-order valence-corrected chi connectivity index (χ1v) is 9.06. The summed E-state index contributed by atoms with van der Waals surface area (Å²) in [5.41, 5.74) is 4.72. The minimum atomic E-state index is -0.557. The molecule has 0 aliphatic carbocycles. The number of hydrogen-bond acceptors (Lipinski definition) is 2. The number of carbonyl (C=O) groups excluding carboxylic acids is 2.